The number of nitrogens with zero attached hydrogens (tertiary/aromatic N) is 6. The van der Waals surface area contributed by atoms with Crippen LogP contribution in [0, 0.1) is 0 Å². The Morgan fingerprint density at radius 2 is 1.77 bits per heavy atom. The lowest BCUT2D eigenvalue weighted by atomic mass is 10.0. The third kappa shape index (κ3) is 5.26. The third-order valence-electron chi connectivity index (χ3n) is 7.00. The molecule has 184 valence electrons. The first-order valence-electron chi connectivity index (χ1n) is 12.5. The first-order valence-corrected chi connectivity index (χ1v) is 12.5. The van der Waals surface area contributed by atoms with Crippen LogP contribution < -0.4 is 9.64 Å². The zero-order chi connectivity index (χ0) is 24.4. The minimum Gasteiger partial charge on any atom is -0.493 e. The molecule has 1 fully saturated rings. The fourth-order valence-corrected chi connectivity index (χ4v) is 4.91. The van der Waals surface area contributed by atoms with Crippen molar-refractivity contribution >= 4 is 27.6 Å². The molecule has 0 aliphatic carbocycles. The maximum Gasteiger partial charge on any atom is 0.139 e. The van der Waals surface area contributed by atoms with Crippen molar-refractivity contribution in [2.45, 2.75) is 25.3 Å². The van der Waals surface area contributed by atoms with Gasteiger partial charge in [0, 0.05) is 42.8 Å². The molecule has 0 spiro atoms. The Morgan fingerprint density at radius 1 is 0.943 bits per heavy atom. The summed E-state index contributed by atoms with van der Waals surface area (Å²) in [6, 6.07) is 17.7. The maximum atomic E-state index is 5.92. The number of anilines is 1. The molecule has 3 heterocycles. The van der Waals surface area contributed by atoms with E-state index < -0.39 is 0 Å². The molecule has 1 aliphatic heterocycles. The molecule has 2 aromatic heterocycles. The van der Waals surface area contributed by atoms with Gasteiger partial charge in [-0.05, 0) is 89.9 Å². The van der Waals surface area contributed by atoms with Crippen molar-refractivity contribution in [1.82, 2.24) is 24.3 Å². The summed E-state index contributed by atoms with van der Waals surface area (Å²) < 4.78 is 7.96. The van der Waals surface area contributed by atoms with E-state index in [-0.39, 0.29) is 0 Å². The Morgan fingerprint density at radius 3 is 2.54 bits per heavy atom. The second-order valence-corrected chi connectivity index (χ2v) is 10.00. The average Bonchev–Trinajstić information content (AvgIpc) is 3.29. The van der Waals surface area contributed by atoms with Crippen molar-refractivity contribution < 1.29 is 4.74 Å². The number of hydrogen-bond donors (Lipinski definition) is 0. The summed E-state index contributed by atoms with van der Waals surface area (Å²) in [5.74, 6) is 1.73. The van der Waals surface area contributed by atoms with Gasteiger partial charge in [-0.2, -0.15) is 0 Å². The standard InChI is InChI=1S/C28H36N6O/c1-31(2)14-5-17-35-24-8-10-27-26(19-24)29-20-34(27)28-11-6-21-18-23(7-9-25(21)30-28)33-15-12-22(13-16-33)32(3)4/h6-11,18-20,22H,5,12-17H2,1-4H3. The minimum absolute atomic E-state index is 0.687. The number of rotatable bonds is 8. The van der Waals surface area contributed by atoms with Gasteiger partial charge in [-0.1, -0.05) is 0 Å². The highest BCUT2D eigenvalue weighted by Gasteiger charge is 2.21. The molecule has 5 rings (SSSR count). The fraction of sp³-hybridized carbons (Fsp3) is 0.429. The molecule has 4 aromatic rings. The number of piperidine rings is 1. The number of fused-ring (bicyclic) bond motifs is 2. The van der Waals surface area contributed by atoms with Gasteiger partial charge >= 0.3 is 0 Å². The summed E-state index contributed by atoms with van der Waals surface area (Å²) >= 11 is 0. The summed E-state index contributed by atoms with van der Waals surface area (Å²) in [6.07, 6.45) is 5.26. The highest BCUT2D eigenvalue weighted by Crippen LogP contribution is 2.27. The molecule has 0 amide bonds. The topological polar surface area (TPSA) is 49.7 Å². The van der Waals surface area contributed by atoms with Crippen molar-refractivity contribution in [3.63, 3.8) is 0 Å². The van der Waals surface area contributed by atoms with Crippen LogP contribution in [0.3, 0.4) is 0 Å². The van der Waals surface area contributed by atoms with Crippen molar-refractivity contribution in [3.05, 3.63) is 54.9 Å². The molecule has 0 bridgehead atoms. The molecule has 7 heteroatoms. The Bertz CT molecular complexity index is 1290. The quantitative estimate of drug-likeness (QED) is 0.354. The molecule has 1 aliphatic rings. The van der Waals surface area contributed by atoms with Crippen LogP contribution >= 0.6 is 0 Å². The average molecular weight is 473 g/mol. The van der Waals surface area contributed by atoms with Crippen LogP contribution in [0.1, 0.15) is 19.3 Å². The zero-order valence-corrected chi connectivity index (χ0v) is 21.3. The van der Waals surface area contributed by atoms with Crippen molar-refractivity contribution in [3.8, 4) is 11.6 Å². The van der Waals surface area contributed by atoms with Gasteiger partial charge in [0.25, 0.3) is 0 Å². The molecule has 0 unspecified atom stereocenters. The molecule has 1 saturated heterocycles. The predicted molar refractivity (Wildman–Crippen MR) is 144 cm³/mol. The van der Waals surface area contributed by atoms with Gasteiger partial charge < -0.3 is 19.4 Å². The Labute approximate surface area is 207 Å². The van der Waals surface area contributed by atoms with Crippen LogP contribution in [0.4, 0.5) is 5.69 Å². The number of hydrogen-bond acceptors (Lipinski definition) is 6. The van der Waals surface area contributed by atoms with Crippen LogP contribution in [0.25, 0.3) is 27.8 Å². The van der Waals surface area contributed by atoms with Gasteiger partial charge in [-0.15, -0.1) is 0 Å². The number of ether oxygens (including phenoxy) is 1. The van der Waals surface area contributed by atoms with E-state index in [2.05, 4.69) is 84.3 Å². The van der Waals surface area contributed by atoms with Gasteiger partial charge in [-0.25, -0.2) is 9.97 Å². The Hall–Kier alpha value is -3.16. The summed E-state index contributed by atoms with van der Waals surface area (Å²) in [5.41, 5.74) is 4.22. The molecular weight excluding hydrogens is 436 g/mol. The highest BCUT2D eigenvalue weighted by atomic mass is 16.5. The third-order valence-corrected chi connectivity index (χ3v) is 7.00. The number of aromatic nitrogens is 3. The second kappa shape index (κ2) is 10.2. The smallest absolute Gasteiger partial charge is 0.139 e. The zero-order valence-electron chi connectivity index (χ0n) is 21.3. The SMILES string of the molecule is CN(C)CCCOc1ccc2c(c1)ncn2-c1ccc2cc(N3CCC(N(C)C)CC3)ccc2n1. The summed E-state index contributed by atoms with van der Waals surface area (Å²) in [7, 11) is 8.52. The molecule has 0 saturated carbocycles. The van der Waals surface area contributed by atoms with Crippen LogP contribution in [-0.4, -0.2) is 84.8 Å². The van der Waals surface area contributed by atoms with E-state index in [1.807, 2.05) is 23.0 Å². The van der Waals surface area contributed by atoms with E-state index in [1.54, 1.807) is 0 Å². The number of imidazole rings is 1. The normalized spacial score (nSPS) is 15.1. The predicted octanol–water partition coefficient (Wildman–Crippen LogP) is 4.43. The van der Waals surface area contributed by atoms with Gasteiger partial charge in [-0.3, -0.25) is 4.57 Å². The molecule has 2 aromatic carbocycles. The largest absolute Gasteiger partial charge is 0.493 e. The first kappa shape index (κ1) is 23.6. The van der Waals surface area contributed by atoms with Gasteiger partial charge in [0.15, 0.2) is 0 Å². The Balaban J connectivity index is 1.31. The fourth-order valence-electron chi connectivity index (χ4n) is 4.91. The molecule has 0 radical (unpaired) electrons. The lowest BCUT2D eigenvalue weighted by Gasteiger charge is -2.36. The van der Waals surface area contributed by atoms with Crippen LogP contribution in [0.15, 0.2) is 54.9 Å². The van der Waals surface area contributed by atoms with Crippen molar-refractivity contribution in [2.24, 2.45) is 0 Å². The van der Waals surface area contributed by atoms with E-state index in [0.29, 0.717) is 12.6 Å². The first-order chi connectivity index (χ1) is 17.0. The molecule has 0 N–H and O–H groups in total. The van der Waals surface area contributed by atoms with E-state index in [4.69, 9.17) is 9.72 Å². The summed E-state index contributed by atoms with van der Waals surface area (Å²) in [4.78, 5) is 16.6. The summed E-state index contributed by atoms with van der Waals surface area (Å²) in [5, 5.41) is 1.17. The van der Waals surface area contributed by atoms with Crippen LogP contribution in [0.5, 0.6) is 5.75 Å². The van der Waals surface area contributed by atoms with E-state index >= 15 is 0 Å². The highest BCUT2D eigenvalue weighted by molar-refractivity contribution is 5.84. The minimum atomic E-state index is 0.687. The van der Waals surface area contributed by atoms with Crippen LogP contribution in [0.2, 0.25) is 0 Å². The summed E-state index contributed by atoms with van der Waals surface area (Å²) in [6.45, 7) is 3.91. The monoisotopic (exact) mass is 472 g/mol. The van der Waals surface area contributed by atoms with Crippen molar-refractivity contribution in [2.75, 3.05) is 59.3 Å². The number of benzene rings is 2. The van der Waals surface area contributed by atoms with Gasteiger partial charge in [0.05, 0.1) is 23.2 Å². The van der Waals surface area contributed by atoms with Gasteiger partial charge in [0.1, 0.15) is 17.9 Å². The molecule has 0 atom stereocenters. The Kier molecular flexibility index (Phi) is 6.88. The van der Waals surface area contributed by atoms with E-state index in [0.717, 1.165) is 54.2 Å². The lowest BCUT2D eigenvalue weighted by Crippen LogP contribution is -2.41. The van der Waals surface area contributed by atoms with E-state index in [9.17, 15) is 0 Å². The molecular formula is C28H36N6O. The van der Waals surface area contributed by atoms with Gasteiger partial charge in [0.2, 0.25) is 0 Å². The van der Waals surface area contributed by atoms with E-state index in [1.165, 1.54) is 23.9 Å². The lowest BCUT2D eigenvalue weighted by molar-refractivity contribution is 0.249. The van der Waals surface area contributed by atoms with Crippen LogP contribution in [-0.2, 0) is 0 Å². The number of pyridine rings is 1. The maximum absolute atomic E-state index is 5.92. The van der Waals surface area contributed by atoms with Crippen molar-refractivity contribution in [1.29, 1.82) is 0 Å². The second-order valence-electron chi connectivity index (χ2n) is 10.00. The molecule has 7 nitrogen and oxygen atoms in total. The molecule has 35 heavy (non-hydrogen) atoms.